The number of Topliss-reactive ketones (excluding diaryl/α,β-unsaturated/α-hetero) is 1. The van der Waals surface area contributed by atoms with Crippen LogP contribution < -0.4 is 21.4 Å². The average Bonchev–Trinajstić information content (AvgIpc) is 2.98. The number of piperidine rings is 1. The molecule has 1 aliphatic heterocycles. The molecule has 1 aromatic heterocycles. The third-order valence-electron chi connectivity index (χ3n) is 6.26. The highest BCUT2D eigenvalue weighted by molar-refractivity contribution is 6.33. The van der Waals surface area contributed by atoms with E-state index in [-0.39, 0.29) is 29.4 Å². The molecule has 4 aromatic rings. The van der Waals surface area contributed by atoms with Gasteiger partial charge in [0.1, 0.15) is 5.78 Å². The fourth-order valence-corrected chi connectivity index (χ4v) is 4.21. The van der Waals surface area contributed by atoms with Gasteiger partial charge in [-0.15, -0.1) is 0 Å². The number of ketones is 1. The first-order valence-corrected chi connectivity index (χ1v) is 13.1. The van der Waals surface area contributed by atoms with Crippen molar-refractivity contribution in [3.63, 3.8) is 0 Å². The Hall–Kier alpha value is -4.87. The maximum Gasteiger partial charge on any atom is 0.265 e. The van der Waals surface area contributed by atoms with Crippen molar-refractivity contribution in [2.45, 2.75) is 12.8 Å². The van der Waals surface area contributed by atoms with E-state index in [0.29, 0.717) is 59.1 Å². The molecule has 208 valence electrons. The van der Waals surface area contributed by atoms with E-state index in [2.05, 4.69) is 31.3 Å². The number of carbonyl (C=O) groups is 3. The quantitative estimate of drug-likeness (QED) is 0.223. The molecule has 1 fully saturated rings. The SMILES string of the molecule is O=C1CCN(NC(=O)c2ccc(Nc3ncc(F)c(Nc4ccc(C(=O)Nc5ccccc5Cl)cc4)n3)cc2)CC1. The lowest BCUT2D eigenvalue weighted by Gasteiger charge is -2.26. The molecule has 12 heteroatoms. The number of nitrogens with one attached hydrogen (secondary N) is 4. The molecular weight excluding hydrogens is 549 g/mol. The van der Waals surface area contributed by atoms with E-state index in [9.17, 15) is 18.8 Å². The molecule has 0 atom stereocenters. The third kappa shape index (κ3) is 7.21. The smallest absolute Gasteiger partial charge is 0.265 e. The minimum Gasteiger partial charge on any atom is -0.338 e. The van der Waals surface area contributed by atoms with Gasteiger partial charge in [0, 0.05) is 48.4 Å². The van der Waals surface area contributed by atoms with Gasteiger partial charge in [0.2, 0.25) is 5.95 Å². The van der Waals surface area contributed by atoms with Gasteiger partial charge < -0.3 is 16.0 Å². The summed E-state index contributed by atoms with van der Waals surface area (Å²) in [5.74, 6) is -1.01. The zero-order valence-corrected chi connectivity index (χ0v) is 22.4. The fraction of sp³-hybridized carbons (Fsp3) is 0.138. The summed E-state index contributed by atoms with van der Waals surface area (Å²) in [4.78, 5) is 44.6. The van der Waals surface area contributed by atoms with Crippen LogP contribution in [0.15, 0.2) is 79.0 Å². The van der Waals surface area contributed by atoms with Gasteiger partial charge in [-0.05, 0) is 60.7 Å². The van der Waals surface area contributed by atoms with Gasteiger partial charge in [-0.3, -0.25) is 19.8 Å². The Balaban J connectivity index is 1.19. The number of amides is 2. The lowest BCUT2D eigenvalue weighted by Crippen LogP contribution is -2.46. The van der Waals surface area contributed by atoms with Gasteiger partial charge >= 0.3 is 0 Å². The topological polar surface area (TPSA) is 128 Å². The van der Waals surface area contributed by atoms with Gasteiger partial charge in [-0.2, -0.15) is 4.98 Å². The Morgan fingerprint density at radius 1 is 0.829 bits per heavy atom. The fourth-order valence-electron chi connectivity index (χ4n) is 4.02. The maximum atomic E-state index is 14.5. The molecule has 0 bridgehead atoms. The second kappa shape index (κ2) is 12.5. The van der Waals surface area contributed by atoms with E-state index in [0.717, 1.165) is 6.20 Å². The number of rotatable bonds is 8. The van der Waals surface area contributed by atoms with Crippen LogP contribution in [0.4, 0.5) is 33.2 Å². The highest BCUT2D eigenvalue weighted by Crippen LogP contribution is 2.23. The van der Waals surface area contributed by atoms with Crippen LogP contribution in [0.3, 0.4) is 0 Å². The molecule has 1 aliphatic rings. The van der Waals surface area contributed by atoms with Crippen LogP contribution in [0.2, 0.25) is 5.02 Å². The van der Waals surface area contributed by atoms with Crippen molar-refractivity contribution in [1.82, 2.24) is 20.4 Å². The minimum absolute atomic E-state index is 0.0632. The number of para-hydroxylation sites is 1. The van der Waals surface area contributed by atoms with E-state index >= 15 is 0 Å². The van der Waals surface area contributed by atoms with Gasteiger partial charge in [-0.1, -0.05) is 23.7 Å². The number of hydrogen-bond acceptors (Lipinski definition) is 8. The number of hydrogen-bond donors (Lipinski definition) is 4. The average molecular weight is 574 g/mol. The minimum atomic E-state index is -0.664. The summed E-state index contributed by atoms with van der Waals surface area (Å²) >= 11 is 6.10. The van der Waals surface area contributed by atoms with Crippen LogP contribution in [0, 0.1) is 5.82 Å². The molecule has 2 heterocycles. The van der Waals surface area contributed by atoms with Gasteiger partial charge in [0.15, 0.2) is 11.6 Å². The van der Waals surface area contributed by atoms with E-state index in [1.807, 2.05) is 0 Å². The lowest BCUT2D eigenvalue weighted by atomic mass is 10.1. The van der Waals surface area contributed by atoms with Crippen molar-refractivity contribution >= 4 is 58.0 Å². The Kier molecular flexibility index (Phi) is 8.47. The Labute approximate surface area is 239 Å². The lowest BCUT2D eigenvalue weighted by molar-refractivity contribution is -0.122. The van der Waals surface area contributed by atoms with E-state index in [1.165, 1.54) is 0 Å². The van der Waals surface area contributed by atoms with Crippen LogP contribution in [-0.4, -0.2) is 45.7 Å². The number of aromatic nitrogens is 2. The zero-order valence-electron chi connectivity index (χ0n) is 21.7. The monoisotopic (exact) mass is 573 g/mol. The molecule has 5 rings (SSSR count). The molecule has 0 spiro atoms. The molecular formula is C29H25ClFN7O3. The highest BCUT2D eigenvalue weighted by Gasteiger charge is 2.18. The Morgan fingerprint density at radius 2 is 1.44 bits per heavy atom. The van der Waals surface area contributed by atoms with Crippen molar-refractivity contribution in [2.24, 2.45) is 0 Å². The summed E-state index contributed by atoms with van der Waals surface area (Å²) < 4.78 is 14.5. The number of anilines is 5. The van der Waals surface area contributed by atoms with Crippen LogP contribution >= 0.6 is 11.6 Å². The number of halogens is 2. The largest absolute Gasteiger partial charge is 0.338 e. The number of carbonyl (C=O) groups excluding carboxylic acids is 3. The van der Waals surface area contributed by atoms with Gasteiger partial charge in [0.05, 0.1) is 16.9 Å². The predicted molar refractivity (Wildman–Crippen MR) is 154 cm³/mol. The predicted octanol–water partition coefficient (Wildman–Crippen LogP) is 5.32. The van der Waals surface area contributed by atoms with E-state index < -0.39 is 5.82 Å². The second-order valence-electron chi connectivity index (χ2n) is 9.20. The van der Waals surface area contributed by atoms with Crippen molar-refractivity contribution in [3.8, 4) is 0 Å². The van der Waals surface area contributed by atoms with E-state index in [1.54, 1.807) is 77.8 Å². The summed E-state index contributed by atoms with van der Waals surface area (Å²) in [6, 6.07) is 20.0. The van der Waals surface area contributed by atoms with Crippen molar-refractivity contribution < 1.29 is 18.8 Å². The summed E-state index contributed by atoms with van der Waals surface area (Å²) in [6.45, 7) is 0.983. The molecule has 0 radical (unpaired) electrons. The second-order valence-corrected chi connectivity index (χ2v) is 9.60. The molecule has 0 aliphatic carbocycles. The number of benzene rings is 3. The van der Waals surface area contributed by atoms with Crippen molar-refractivity contribution in [1.29, 1.82) is 0 Å². The molecule has 3 aromatic carbocycles. The summed E-state index contributed by atoms with van der Waals surface area (Å²) in [5.41, 5.74) is 5.24. The highest BCUT2D eigenvalue weighted by atomic mass is 35.5. The molecule has 0 saturated carbocycles. The van der Waals surface area contributed by atoms with Gasteiger partial charge in [-0.25, -0.2) is 14.4 Å². The molecule has 10 nitrogen and oxygen atoms in total. The molecule has 4 N–H and O–H groups in total. The Morgan fingerprint density at radius 3 is 2.10 bits per heavy atom. The first kappa shape index (κ1) is 27.7. The number of nitrogens with zero attached hydrogens (tertiary/aromatic N) is 3. The number of hydrazine groups is 1. The summed E-state index contributed by atoms with van der Waals surface area (Å²) in [5, 5.41) is 10.8. The summed E-state index contributed by atoms with van der Waals surface area (Å²) in [7, 11) is 0. The Bertz CT molecular complexity index is 1570. The first-order valence-electron chi connectivity index (χ1n) is 12.7. The van der Waals surface area contributed by atoms with Crippen molar-refractivity contribution in [2.75, 3.05) is 29.0 Å². The third-order valence-corrected chi connectivity index (χ3v) is 6.59. The van der Waals surface area contributed by atoms with Crippen molar-refractivity contribution in [3.05, 3.63) is 101 Å². The molecule has 1 saturated heterocycles. The maximum absolute atomic E-state index is 14.5. The normalized spacial score (nSPS) is 13.4. The van der Waals surface area contributed by atoms with Crippen LogP contribution in [0.1, 0.15) is 33.6 Å². The molecule has 2 amide bonds. The summed E-state index contributed by atoms with van der Waals surface area (Å²) in [6.07, 6.45) is 1.88. The zero-order chi connectivity index (χ0) is 28.8. The van der Waals surface area contributed by atoms with Crippen LogP contribution in [-0.2, 0) is 4.79 Å². The molecule has 0 unspecified atom stereocenters. The molecule has 41 heavy (non-hydrogen) atoms. The van der Waals surface area contributed by atoms with Crippen LogP contribution in [0.25, 0.3) is 0 Å². The first-order chi connectivity index (χ1) is 19.8. The van der Waals surface area contributed by atoms with Crippen LogP contribution in [0.5, 0.6) is 0 Å². The standard InChI is InChI=1S/C29H25ClFN7O3/c30-23-3-1-2-4-25(23)35-27(40)18-5-9-20(10-6-18)33-26-24(31)17-32-29(36-26)34-21-11-7-19(8-12-21)28(41)37-38-15-13-22(39)14-16-38/h1-12,17H,13-16H2,(H,35,40)(H,37,41)(H2,32,33,34,36). The van der Waals surface area contributed by atoms with E-state index in [4.69, 9.17) is 11.6 Å². The van der Waals surface area contributed by atoms with Gasteiger partial charge in [0.25, 0.3) is 11.8 Å².